The van der Waals surface area contributed by atoms with Crippen molar-refractivity contribution in [3.63, 3.8) is 0 Å². The summed E-state index contributed by atoms with van der Waals surface area (Å²) in [6.45, 7) is 4.51. The minimum Gasteiger partial charge on any atom is -0.492 e. The molecule has 0 N–H and O–H groups in total. The average molecular weight is 385 g/mol. The topological polar surface area (TPSA) is 64.4 Å². The van der Waals surface area contributed by atoms with Gasteiger partial charge in [-0.1, -0.05) is 24.3 Å². The zero-order chi connectivity index (χ0) is 19.4. The molecule has 0 aliphatic carbocycles. The molecule has 1 heterocycles. The lowest BCUT2D eigenvalue weighted by Crippen LogP contribution is -2.30. The second-order valence-corrected chi connectivity index (χ2v) is 8.50. The van der Waals surface area contributed by atoms with Gasteiger partial charge in [-0.2, -0.15) is 9.40 Å². The first-order valence-corrected chi connectivity index (χ1v) is 10.1. The van der Waals surface area contributed by atoms with E-state index in [4.69, 9.17) is 4.74 Å². The first kappa shape index (κ1) is 19.1. The van der Waals surface area contributed by atoms with Crippen molar-refractivity contribution < 1.29 is 13.2 Å². The van der Waals surface area contributed by atoms with E-state index in [0.29, 0.717) is 0 Å². The number of sulfonamides is 1. The third kappa shape index (κ3) is 4.56. The van der Waals surface area contributed by atoms with Gasteiger partial charge in [-0.05, 0) is 49.2 Å². The fourth-order valence-corrected chi connectivity index (χ4v) is 3.86. The van der Waals surface area contributed by atoms with Crippen LogP contribution in [0, 0.1) is 13.8 Å². The summed E-state index contributed by atoms with van der Waals surface area (Å²) in [6.07, 6.45) is 2.88. The third-order valence-electron chi connectivity index (χ3n) is 4.16. The largest absolute Gasteiger partial charge is 0.492 e. The van der Waals surface area contributed by atoms with Crippen LogP contribution >= 0.6 is 0 Å². The van der Waals surface area contributed by atoms with Crippen molar-refractivity contribution in [1.29, 1.82) is 0 Å². The van der Waals surface area contributed by atoms with E-state index >= 15 is 0 Å². The monoisotopic (exact) mass is 385 g/mol. The highest BCUT2D eigenvalue weighted by atomic mass is 32.2. The summed E-state index contributed by atoms with van der Waals surface area (Å²) in [4.78, 5) is 0.153. The maximum Gasteiger partial charge on any atom is 0.246 e. The molecular formula is C20H23N3O3S. The van der Waals surface area contributed by atoms with Crippen LogP contribution in [0.4, 0.5) is 0 Å². The van der Waals surface area contributed by atoms with Crippen molar-refractivity contribution in [2.45, 2.75) is 18.7 Å². The molecule has 0 saturated heterocycles. The molecule has 0 aliphatic rings. The van der Waals surface area contributed by atoms with E-state index in [1.165, 1.54) is 16.7 Å². The van der Waals surface area contributed by atoms with E-state index in [9.17, 15) is 8.42 Å². The summed E-state index contributed by atoms with van der Waals surface area (Å²) < 4.78 is 34.0. The molecule has 2 aromatic carbocycles. The first-order chi connectivity index (χ1) is 12.9. The number of rotatable bonds is 7. The van der Waals surface area contributed by atoms with Crippen molar-refractivity contribution >= 4 is 10.0 Å². The highest BCUT2D eigenvalue weighted by Crippen LogP contribution is 2.18. The molecule has 7 heteroatoms. The Labute approximate surface area is 160 Å². The fourth-order valence-electron chi connectivity index (χ4n) is 2.77. The molecule has 3 aromatic rings. The van der Waals surface area contributed by atoms with Gasteiger partial charge in [0.25, 0.3) is 0 Å². The number of hydrogen-bond donors (Lipinski definition) is 0. The molecule has 0 atom stereocenters. The predicted molar refractivity (Wildman–Crippen MR) is 105 cm³/mol. The Hall–Kier alpha value is -2.64. The van der Waals surface area contributed by atoms with Gasteiger partial charge < -0.3 is 4.74 Å². The summed E-state index contributed by atoms with van der Waals surface area (Å²) in [5.74, 6) is 0.746. The van der Waals surface area contributed by atoms with Crippen molar-refractivity contribution in [2.75, 3.05) is 20.2 Å². The first-order valence-electron chi connectivity index (χ1n) is 8.64. The van der Waals surface area contributed by atoms with Gasteiger partial charge in [0.05, 0.1) is 18.1 Å². The van der Waals surface area contributed by atoms with Crippen molar-refractivity contribution in [1.82, 2.24) is 14.1 Å². The van der Waals surface area contributed by atoms with Crippen molar-refractivity contribution in [3.05, 3.63) is 72.1 Å². The smallest absolute Gasteiger partial charge is 0.246 e. The van der Waals surface area contributed by atoms with Crippen LogP contribution in [0.5, 0.6) is 5.75 Å². The number of benzene rings is 2. The molecule has 6 nitrogen and oxygen atoms in total. The molecule has 0 bridgehead atoms. The highest BCUT2D eigenvalue weighted by molar-refractivity contribution is 7.89. The Bertz CT molecular complexity index is 994. The lowest BCUT2D eigenvalue weighted by molar-refractivity contribution is 0.286. The molecule has 0 fully saturated rings. The van der Waals surface area contributed by atoms with Gasteiger partial charge in [0, 0.05) is 13.6 Å². The Morgan fingerprint density at radius 2 is 1.74 bits per heavy atom. The van der Waals surface area contributed by atoms with Crippen LogP contribution in [0.3, 0.4) is 0 Å². The average Bonchev–Trinajstić information content (AvgIpc) is 3.12. The van der Waals surface area contributed by atoms with E-state index in [2.05, 4.69) is 11.2 Å². The van der Waals surface area contributed by atoms with Crippen LogP contribution in [-0.2, 0) is 10.0 Å². The highest BCUT2D eigenvalue weighted by Gasteiger charge is 2.22. The SMILES string of the molecule is Cc1cc(C)cc(OCCN(C)S(=O)(=O)c2cnn(-c3ccccc3)c2)c1. The lowest BCUT2D eigenvalue weighted by Gasteiger charge is -2.16. The van der Waals surface area contributed by atoms with Crippen LogP contribution in [0.1, 0.15) is 11.1 Å². The van der Waals surface area contributed by atoms with E-state index in [-0.39, 0.29) is 18.0 Å². The molecular weight excluding hydrogens is 362 g/mol. The molecule has 27 heavy (non-hydrogen) atoms. The van der Waals surface area contributed by atoms with E-state index in [1.807, 2.05) is 56.3 Å². The van der Waals surface area contributed by atoms with Crippen LogP contribution in [0.2, 0.25) is 0 Å². The summed E-state index contributed by atoms with van der Waals surface area (Å²) in [6, 6.07) is 15.3. The molecule has 3 rings (SSSR count). The van der Waals surface area contributed by atoms with Gasteiger partial charge in [0.1, 0.15) is 17.3 Å². The minimum atomic E-state index is -3.63. The van der Waals surface area contributed by atoms with E-state index in [0.717, 1.165) is 22.6 Å². The second-order valence-electron chi connectivity index (χ2n) is 6.45. The minimum absolute atomic E-state index is 0.153. The third-order valence-corrected chi connectivity index (χ3v) is 5.97. The van der Waals surface area contributed by atoms with Gasteiger partial charge in [-0.15, -0.1) is 0 Å². The molecule has 0 aliphatic heterocycles. The van der Waals surface area contributed by atoms with Crippen molar-refractivity contribution in [3.8, 4) is 11.4 Å². The zero-order valence-corrected chi connectivity index (χ0v) is 16.5. The van der Waals surface area contributed by atoms with E-state index < -0.39 is 10.0 Å². The number of para-hydroxylation sites is 1. The molecule has 0 radical (unpaired) electrons. The fraction of sp³-hybridized carbons (Fsp3) is 0.250. The number of hydrogen-bond acceptors (Lipinski definition) is 4. The maximum absolute atomic E-state index is 12.7. The quantitative estimate of drug-likeness (QED) is 0.627. The molecule has 0 amide bonds. The summed E-state index contributed by atoms with van der Waals surface area (Å²) in [5, 5.41) is 4.16. The van der Waals surface area contributed by atoms with Gasteiger partial charge in [0.2, 0.25) is 10.0 Å². The van der Waals surface area contributed by atoms with Gasteiger partial charge in [0.15, 0.2) is 0 Å². The predicted octanol–water partition coefficient (Wildman–Crippen LogP) is 3.19. The van der Waals surface area contributed by atoms with Crippen LogP contribution in [0.25, 0.3) is 5.69 Å². The van der Waals surface area contributed by atoms with Gasteiger partial charge in [-0.3, -0.25) is 0 Å². The van der Waals surface area contributed by atoms with Crippen LogP contribution < -0.4 is 4.74 Å². The van der Waals surface area contributed by atoms with E-state index in [1.54, 1.807) is 11.7 Å². The Balaban J connectivity index is 1.65. The number of nitrogens with zero attached hydrogens (tertiary/aromatic N) is 3. The van der Waals surface area contributed by atoms with Crippen LogP contribution in [-0.4, -0.2) is 42.7 Å². The number of likely N-dealkylation sites (N-methyl/N-ethyl adjacent to an activating group) is 1. The van der Waals surface area contributed by atoms with Crippen LogP contribution in [0.15, 0.2) is 65.8 Å². The molecule has 0 unspecified atom stereocenters. The number of aryl methyl sites for hydroxylation is 2. The molecule has 0 saturated carbocycles. The van der Waals surface area contributed by atoms with Gasteiger partial charge >= 0.3 is 0 Å². The summed E-state index contributed by atoms with van der Waals surface area (Å²) >= 11 is 0. The Morgan fingerprint density at radius 1 is 1.07 bits per heavy atom. The maximum atomic E-state index is 12.7. The standard InChI is InChI=1S/C20H23N3O3S/c1-16-11-17(2)13-19(12-16)26-10-9-22(3)27(24,25)20-14-21-23(15-20)18-7-5-4-6-8-18/h4-8,11-15H,9-10H2,1-3H3. The zero-order valence-electron chi connectivity index (χ0n) is 15.7. The van der Waals surface area contributed by atoms with Crippen molar-refractivity contribution in [2.24, 2.45) is 0 Å². The summed E-state index contributed by atoms with van der Waals surface area (Å²) in [5.41, 5.74) is 3.03. The second kappa shape index (κ2) is 7.94. The number of ether oxygens (including phenoxy) is 1. The number of aromatic nitrogens is 2. The summed E-state index contributed by atoms with van der Waals surface area (Å²) in [7, 11) is -2.09. The molecule has 1 aromatic heterocycles. The Morgan fingerprint density at radius 3 is 2.41 bits per heavy atom. The molecule has 142 valence electrons. The molecule has 0 spiro atoms. The van der Waals surface area contributed by atoms with Gasteiger partial charge in [-0.25, -0.2) is 13.1 Å². The Kier molecular flexibility index (Phi) is 5.62. The lowest BCUT2D eigenvalue weighted by atomic mass is 10.1. The normalized spacial score (nSPS) is 11.7.